The standard InChI is InChI=1S/C37H40F8O2/c1-2-3-4-5-22-6-8-23(9-7-22)25-12-16-29(31(38)18-25)24-10-13-27(14-11-24)37(44,45)47-28-15-17-30(32(39)21-28)26-19-33(40)35(34(41)20-26)46-36(42)43/h12,15-24,27,36H,2-11,13-14H2,1H3. The van der Waals surface area contributed by atoms with Crippen LogP contribution in [0.3, 0.4) is 0 Å². The third-order valence-corrected chi connectivity index (χ3v) is 9.91. The van der Waals surface area contributed by atoms with Crippen molar-refractivity contribution in [2.75, 3.05) is 0 Å². The van der Waals surface area contributed by atoms with E-state index in [1.807, 2.05) is 12.1 Å². The summed E-state index contributed by atoms with van der Waals surface area (Å²) in [4.78, 5) is 0. The zero-order chi connectivity index (χ0) is 33.7. The van der Waals surface area contributed by atoms with Crippen LogP contribution in [0, 0.1) is 35.1 Å². The van der Waals surface area contributed by atoms with E-state index in [1.165, 1.54) is 38.5 Å². The highest BCUT2D eigenvalue weighted by atomic mass is 19.3. The van der Waals surface area contributed by atoms with E-state index >= 15 is 13.2 Å². The minimum absolute atomic E-state index is 0.0764. The zero-order valence-electron chi connectivity index (χ0n) is 26.3. The SMILES string of the molecule is CCCCCC1CCC(c2ccc(C3CCC(C(F)(F)Oc4ccc(-c5cc(F)c(OC(F)F)c(F)c5)c(F)c4)CC3)c(F)c2)CC1. The summed E-state index contributed by atoms with van der Waals surface area (Å²) in [6.07, 6.45) is 6.69. The first-order valence-corrected chi connectivity index (χ1v) is 16.5. The summed E-state index contributed by atoms with van der Waals surface area (Å²) >= 11 is 0. The van der Waals surface area contributed by atoms with Crippen LogP contribution in [0.4, 0.5) is 35.1 Å². The van der Waals surface area contributed by atoms with Crippen LogP contribution in [0.1, 0.15) is 107 Å². The lowest BCUT2D eigenvalue weighted by atomic mass is 9.75. The molecule has 0 unspecified atom stereocenters. The molecular weight excluding hydrogens is 628 g/mol. The summed E-state index contributed by atoms with van der Waals surface area (Å²) < 4.78 is 122. The van der Waals surface area contributed by atoms with Gasteiger partial charge in [-0.25, -0.2) is 17.6 Å². The lowest BCUT2D eigenvalue weighted by molar-refractivity contribution is -0.222. The molecule has 256 valence electrons. The van der Waals surface area contributed by atoms with E-state index in [1.54, 1.807) is 6.07 Å². The predicted molar refractivity (Wildman–Crippen MR) is 164 cm³/mol. The molecule has 0 saturated heterocycles. The van der Waals surface area contributed by atoms with E-state index in [2.05, 4.69) is 11.7 Å². The molecule has 2 aliphatic rings. The van der Waals surface area contributed by atoms with Crippen LogP contribution in [-0.4, -0.2) is 12.7 Å². The molecule has 0 aromatic heterocycles. The summed E-state index contributed by atoms with van der Waals surface area (Å²) in [5, 5.41) is 0. The molecule has 0 radical (unpaired) electrons. The van der Waals surface area contributed by atoms with Gasteiger partial charge in [0, 0.05) is 11.6 Å². The quantitative estimate of drug-likeness (QED) is 0.141. The molecule has 5 rings (SSSR count). The Balaban J connectivity index is 1.16. The highest BCUT2D eigenvalue weighted by Gasteiger charge is 2.44. The average molecular weight is 669 g/mol. The van der Waals surface area contributed by atoms with Crippen LogP contribution in [-0.2, 0) is 0 Å². The van der Waals surface area contributed by atoms with Crippen molar-refractivity contribution in [2.45, 2.75) is 109 Å². The summed E-state index contributed by atoms with van der Waals surface area (Å²) in [5.74, 6) is -6.42. The summed E-state index contributed by atoms with van der Waals surface area (Å²) in [7, 11) is 0. The van der Waals surface area contributed by atoms with Crippen LogP contribution in [0.2, 0.25) is 0 Å². The van der Waals surface area contributed by atoms with Crippen LogP contribution >= 0.6 is 0 Å². The molecule has 0 heterocycles. The monoisotopic (exact) mass is 668 g/mol. The molecule has 0 bridgehead atoms. The second-order valence-electron chi connectivity index (χ2n) is 13.0. The Labute approximate surface area is 270 Å². The van der Waals surface area contributed by atoms with Crippen molar-refractivity contribution < 1.29 is 44.6 Å². The molecule has 3 aromatic rings. The number of rotatable bonds is 12. The van der Waals surface area contributed by atoms with Gasteiger partial charge in [-0.3, -0.25) is 0 Å². The summed E-state index contributed by atoms with van der Waals surface area (Å²) in [5.41, 5.74) is 0.856. The van der Waals surface area contributed by atoms with Gasteiger partial charge in [0.15, 0.2) is 17.4 Å². The third-order valence-electron chi connectivity index (χ3n) is 9.91. The molecule has 0 atom stereocenters. The largest absolute Gasteiger partial charge is 0.432 e. The average Bonchev–Trinajstić information content (AvgIpc) is 3.03. The van der Waals surface area contributed by atoms with Crippen molar-refractivity contribution >= 4 is 0 Å². The fraction of sp³-hybridized carbons (Fsp3) is 0.514. The fourth-order valence-electron chi connectivity index (χ4n) is 7.29. The topological polar surface area (TPSA) is 18.5 Å². The van der Waals surface area contributed by atoms with Gasteiger partial charge in [0.2, 0.25) is 0 Å². The fourth-order valence-corrected chi connectivity index (χ4v) is 7.29. The van der Waals surface area contributed by atoms with E-state index in [-0.39, 0.29) is 35.7 Å². The van der Waals surface area contributed by atoms with Crippen molar-refractivity contribution in [1.29, 1.82) is 0 Å². The number of ether oxygens (including phenoxy) is 2. The van der Waals surface area contributed by atoms with E-state index in [0.717, 1.165) is 36.5 Å². The molecule has 3 aromatic carbocycles. The highest BCUT2D eigenvalue weighted by molar-refractivity contribution is 5.66. The van der Waals surface area contributed by atoms with Gasteiger partial charge in [-0.2, -0.15) is 17.6 Å². The van der Waals surface area contributed by atoms with Crippen molar-refractivity contribution in [2.24, 2.45) is 11.8 Å². The van der Waals surface area contributed by atoms with Crippen molar-refractivity contribution in [3.05, 3.63) is 82.9 Å². The summed E-state index contributed by atoms with van der Waals surface area (Å²) in [6.45, 7) is -1.26. The summed E-state index contributed by atoms with van der Waals surface area (Å²) in [6, 6.07) is 9.36. The minimum Gasteiger partial charge on any atom is -0.432 e. The van der Waals surface area contributed by atoms with Gasteiger partial charge in [-0.15, -0.1) is 0 Å². The molecule has 0 aliphatic heterocycles. The van der Waals surface area contributed by atoms with E-state index in [0.29, 0.717) is 42.5 Å². The van der Waals surface area contributed by atoms with Gasteiger partial charge in [0.1, 0.15) is 17.4 Å². The molecule has 47 heavy (non-hydrogen) atoms. The van der Waals surface area contributed by atoms with Gasteiger partial charge in [-0.05, 0) is 116 Å². The maximum atomic E-state index is 15.3. The van der Waals surface area contributed by atoms with E-state index < -0.39 is 47.6 Å². The number of hydrogen-bond acceptors (Lipinski definition) is 2. The molecule has 0 amide bonds. The number of hydrogen-bond donors (Lipinski definition) is 0. The smallest absolute Gasteiger partial charge is 0.400 e. The lowest BCUT2D eigenvalue weighted by Crippen LogP contribution is -2.37. The van der Waals surface area contributed by atoms with Crippen LogP contribution in [0.15, 0.2) is 48.5 Å². The minimum atomic E-state index is -3.65. The van der Waals surface area contributed by atoms with Gasteiger partial charge < -0.3 is 9.47 Å². The Kier molecular flexibility index (Phi) is 11.4. The first kappa shape index (κ1) is 35.0. The molecule has 2 nitrogen and oxygen atoms in total. The molecule has 2 aliphatic carbocycles. The van der Waals surface area contributed by atoms with Crippen LogP contribution in [0.25, 0.3) is 11.1 Å². The lowest BCUT2D eigenvalue weighted by Gasteiger charge is -2.34. The number of benzene rings is 3. The van der Waals surface area contributed by atoms with Gasteiger partial charge >= 0.3 is 12.7 Å². The first-order chi connectivity index (χ1) is 22.4. The molecule has 0 N–H and O–H groups in total. The Bertz CT molecular complexity index is 1470. The predicted octanol–water partition coefficient (Wildman–Crippen LogP) is 12.3. The first-order valence-electron chi connectivity index (χ1n) is 16.5. The van der Waals surface area contributed by atoms with Crippen LogP contribution in [0.5, 0.6) is 11.5 Å². The van der Waals surface area contributed by atoms with Gasteiger partial charge in [0.05, 0.1) is 5.92 Å². The van der Waals surface area contributed by atoms with E-state index in [4.69, 9.17) is 4.74 Å². The normalized spacial score (nSPS) is 22.0. The molecule has 10 heteroatoms. The maximum absolute atomic E-state index is 15.3. The number of unbranched alkanes of at least 4 members (excludes halogenated alkanes) is 2. The number of halogens is 8. The Morgan fingerprint density at radius 2 is 1.38 bits per heavy atom. The third kappa shape index (κ3) is 8.60. The Hall–Kier alpha value is -3.30. The van der Waals surface area contributed by atoms with Gasteiger partial charge in [0.25, 0.3) is 0 Å². The van der Waals surface area contributed by atoms with Crippen molar-refractivity contribution in [3.8, 4) is 22.6 Å². The molecule has 2 fully saturated rings. The zero-order valence-corrected chi connectivity index (χ0v) is 26.3. The van der Waals surface area contributed by atoms with Crippen molar-refractivity contribution in [1.82, 2.24) is 0 Å². The Morgan fingerprint density at radius 3 is 1.98 bits per heavy atom. The molecular formula is C37H40F8O2. The highest BCUT2D eigenvalue weighted by Crippen LogP contribution is 2.45. The molecule has 2 saturated carbocycles. The maximum Gasteiger partial charge on any atom is 0.400 e. The second-order valence-corrected chi connectivity index (χ2v) is 13.0. The van der Waals surface area contributed by atoms with Gasteiger partial charge in [-0.1, -0.05) is 44.7 Å². The second kappa shape index (κ2) is 15.3. The van der Waals surface area contributed by atoms with Crippen molar-refractivity contribution in [3.63, 3.8) is 0 Å². The molecule has 0 spiro atoms. The van der Waals surface area contributed by atoms with Crippen LogP contribution < -0.4 is 9.47 Å². The Morgan fingerprint density at radius 1 is 0.723 bits per heavy atom. The number of alkyl halides is 4. The van der Waals surface area contributed by atoms with E-state index in [9.17, 15) is 22.0 Å².